The number of guanidine groups is 2. The fourth-order valence-corrected chi connectivity index (χ4v) is 4.11. The fourth-order valence-electron chi connectivity index (χ4n) is 4.11. The lowest BCUT2D eigenvalue weighted by Crippen LogP contribution is -2.59. The minimum atomic E-state index is -1.49. The van der Waals surface area contributed by atoms with Crippen molar-refractivity contribution in [3.05, 3.63) is 0 Å². The Balaban J connectivity index is 2.94. The molecule has 5 atom stereocenters. The number of aliphatic imine (C=N–C) groups is 2. The van der Waals surface area contributed by atoms with Crippen LogP contribution in [0.2, 0.25) is 0 Å². The molecule has 0 aliphatic carbocycles. The predicted molar refractivity (Wildman–Crippen MR) is 150 cm³/mol. The molecule has 1 heterocycles. The molecular weight excluding hydrogens is 558 g/mol. The van der Waals surface area contributed by atoms with Crippen LogP contribution in [0.1, 0.15) is 38.5 Å². The number of likely N-dealkylation sites (tertiary alicyclic amines) is 1. The number of nitrogens with two attached hydrogens (primary N) is 5. The van der Waals surface area contributed by atoms with E-state index in [4.69, 9.17) is 28.7 Å². The van der Waals surface area contributed by atoms with Crippen LogP contribution < -0.4 is 44.6 Å². The summed E-state index contributed by atoms with van der Waals surface area (Å²) in [5.41, 5.74) is 26.9. The first-order valence-electron chi connectivity index (χ1n) is 13.3. The predicted octanol–water partition coefficient (Wildman–Crippen LogP) is -6.06. The molecule has 1 aliphatic heterocycles. The van der Waals surface area contributed by atoms with Gasteiger partial charge in [-0.2, -0.15) is 0 Å². The molecule has 0 aromatic carbocycles. The van der Waals surface area contributed by atoms with Crippen molar-refractivity contribution in [2.45, 2.75) is 68.7 Å². The number of nitrogens with zero attached hydrogens (tertiary/aromatic N) is 3. The number of carboxylic acids is 1. The topological polar surface area (TPSA) is 340 Å². The Morgan fingerprint density at radius 2 is 1.29 bits per heavy atom. The first-order valence-corrected chi connectivity index (χ1v) is 13.3. The average Bonchev–Trinajstić information content (AvgIpc) is 3.43. The van der Waals surface area contributed by atoms with Gasteiger partial charge in [0, 0.05) is 19.6 Å². The normalized spacial score (nSPS) is 17.2. The molecule has 1 fully saturated rings. The summed E-state index contributed by atoms with van der Waals surface area (Å²) in [6, 6.07) is -6.42. The van der Waals surface area contributed by atoms with Gasteiger partial charge in [0.15, 0.2) is 11.9 Å². The van der Waals surface area contributed by atoms with Crippen molar-refractivity contribution in [1.82, 2.24) is 20.9 Å². The molecule has 4 amide bonds. The maximum atomic E-state index is 13.1. The van der Waals surface area contributed by atoms with Crippen molar-refractivity contribution in [2.24, 2.45) is 38.7 Å². The van der Waals surface area contributed by atoms with Gasteiger partial charge in [0.25, 0.3) is 0 Å². The number of aliphatic hydroxyl groups excluding tert-OH is 2. The van der Waals surface area contributed by atoms with Crippen LogP contribution in [0.15, 0.2) is 9.98 Å². The number of hydrogen-bond donors (Lipinski definition) is 11. The molecule has 0 spiro atoms. The lowest BCUT2D eigenvalue weighted by Gasteiger charge is -2.28. The van der Waals surface area contributed by atoms with Crippen molar-refractivity contribution < 1.29 is 39.3 Å². The van der Waals surface area contributed by atoms with Gasteiger partial charge in [-0.05, 0) is 38.5 Å². The van der Waals surface area contributed by atoms with Crippen LogP contribution in [0.4, 0.5) is 0 Å². The summed E-state index contributed by atoms with van der Waals surface area (Å²) in [5.74, 6) is -4.87. The highest BCUT2D eigenvalue weighted by Gasteiger charge is 2.38. The fraction of sp³-hybridized carbons (Fsp3) is 0.696. The van der Waals surface area contributed by atoms with Crippen LogP contribution in [-0.2, 0) is 24.0 Å². The van der Waals surface area contributed by atoms with Crippen molar-refractivity contribution in [3.8, 4) is 0 Å². The third-order valence-electron chi connectivity index (χ3n) is 6.32. The molecule has 238 valence electrons. The molecule has 1 saturated heterocycles. The Morgan fingerprint density at radius 3 is 1.81 bits per heavy atom. The minimum absolute atomic E-state index is 0.0431. The van der Waals surface area contributed by atoms with Crippen LogP contribution in [-0.4, -0.2) is 125 Å². The second kappa shape index (κ2) is 18.3. The van der Waals surface area contributed by atoms with E-state index in [0.29, 0.717) is 12.8 Å². The molecule has 0 unspecified atom stereocenters. The van der Waals surface area contributed by atoms with Crippen LogP contribution in [0, 0.1) is 0 Å². The van der Waals surface area contributed by atoms with E-state index >= 15 is 0 Å². The number of carbonyl (C=O) groups excluding carboxylic acids is 4. The molecular formula is C23H43N11O8. The maximum absolute atomic E-state index is 13.1. The van der Waals surface area contributed by atoms with Crippen molar-refractivity contribution in [2.75, 3.05) is 32.8 Å². The van der Waals surface area contributed by atoms with E-state index in [0.717, 1.165) is 4.90 Å². The van der Waals surface area contributed by atoms with Crippen LogP contribution in [0.5, 0.6) is 0 Å². The maximum Gasteiger partial charge on any atom is 0.326 e. The second-order valence-electron chi connectivity index (χ2n) is 9.58. The van der Waals surface area contributed by atoms with Gasteiger partial charge in [-0.3, -0.25) is 29.2 Å². The van der Waals surface area contributed by atoms with Gasteiger partial charge in [0.2, 0.25) is 23.6 Å². The zero-order valence-electron chi connectivity index (χ0n) is 23.3. The SMILES string of the molecule is NC(N)=NCCC[C@H](NC(=O)[C@H](CO)NC(=O)[C@@H](N)CCCN=C(N)N)C(=O)N[C@@H](CO)C(=O)N1CCC[C@H]1C(=O)O. The van der Waals surface area contributed by atoms with Crippen LogP contribution >= 0.6 is 0 Å². The quantitative estimate of drug-likeness (QED) is 0.0396. The third-order valence-corrected chi connectivity index (χ3v) is 6.32. The second-order valence-corrected chi connectivity index (χ2v) is 9.58. The van der Waals surface area contributed by atoms with Crippen molar-refractivity contribution in [1.29, 1.82) is 0 Å². The van der Waals surface area contributed by atoms with Gasteiger partial charge in [-0.15, -0.1) is 0 Å². The molecule has 1 aliphatic rings. The van der Waals surface area contributed by atoms with Crippen molar-refractivity contribution >= 4 is 41.5 Å². The summed E-state index contributed by atoms with van der Waals surface area (Å²) in [7, 11) is 0. The highest BCUT2D eigenvalue weighted by atomic mass is 16.4. The molecule has 19 heteroatoms. The van der Waals surface area contributed by atoms with Gasteiger partial charge in [0.1, 0.15) is 24.2 Å². The highest BCUT2D eigenvalue weighted by molar-refractivity contribution is 5.95. The number of aliphatic hydroxyl groups is 2. The van der Waals surface area contributed by atoms with E-state index in [2.05, 4.69) is 25.9 Å². The first-order chi connectivity index (χ1) is 19.8. The Hall–Kier alpha value is -4.23. The number of aliphatic carboxylic acids is 1. The third kappa shape index (κ3) is 12.1. The average molecular weight is 602 g/mol. The monoisotopic (exact) mass is 601 g/mol. The van der Waals surface area contributed by atoms with Gasteiger partial charge < -0.3 is 64.8 Å². The number of amides is 4. The lowest BCUT2D eigenvalue weighted by molar-refractivity contribution is -0.150. The molecule has 0 saturated carbocycles. The van der Waals surface area contributed by atoms with Crippen molar-refractivity contribution in [3.63, 3.8) is 0 Å². The summed E-state index contributed by atoms with van der Waals surface area (Å²) in [4.78, 5) is 71.6. The van der Waals surface area contributed by atoms with Crippen LogP contribution in [0.3, 0.4) is 0 Å². The van der Waals surface area contributed by atoms with Gasteiger partial charge >= 0.3 is 5.97 Å². The molecule has 0 radical (unpaired) electrons. The molecule has 16 N–H and O–H groups in total. The van der Waals surface area contributed by atoms with E-state index in [-0.39, 0.29) is 57.2 Å². The molecule has 19 nitrogen and oxygen atoms in total. The number of carbonyl (C=O) groups is 5. The van der Waals surface area contributed by atoms with Gasteiger partial charge in [-0.25, -0.2) is 4.79 Å². The molecule has 42 heavy (non-hydrogen) atoms. The van der Waals surface area contributed by atoms with E-state index in [9.17, 15) is 39.3 Å². The largest absolute Gasteiger partial charge is 0.480 e. The Labute approximate surface area is 242 Å². The zero-order valence-corrected chi connectivity index (χ0v) is 23.3. The Kier molecular flexibility index (Phi) is 15.6. The minimum Gasteiger partial charge on any atom is -0.480 e. The Bertz CT molecular complexity index is 1000. The number of carboxylic acid groups (broad SMARTS) is 1. The zero-order chi connectivity index (χ0) is 31.8. The summed E-state index contributed by atoms with van der Waals surface area (Å²) >= 11 is 0. The molecule has 1 rings (SSSR count). The van der Waals surface area contributed by atoms with Gasteiger partial charge in [0.05, 0.1) is 19.3 Å². The van der Waals surface area contributed by atoms with E-state index < -0.39 is 73.0 Å². The smallest absolute Gasteiger partial charge is 0.326 e. The van der Waals surface area contributed by atoms with Crippen LogP contribution in [0.25, 0.3) is 0 Å². The van der Waals surface area contributed by atoms with E-state index in [1.165, 1.54) is 0 Å². The van der Waals surface area contributed by atoms with E-state index in [1.807, 2.05) is 0 Å². The summed E-state index contributed by atoms with van der Waals surface area (Å²) in [6.45, 7) is -1.21. The summed E-state index contributed by atoms with van der Waals surface area (Å²) in [6.07, 6.45) is 1.36. The number of rotatable bonds is 18. The highest BCUT2D eigenvalue weighted by Crippen LogP contribution is 2.18. The molecule has 0 aromatic heterocycles. The summed E-state index contributed by atoms with van der Waals surface area (Å²) in [5, 5.41) is 36.0. The summed E-state index contributed by atoms with van der Waals surface area (Å²) < 4.78 is 0. The standard InChI is InChI=1S/C23H43N11O8/c24-12(4-1-7-29-22(25)26)17(37)32-14(10-35)19(39)31-13(5-2-8-30-23(27)28)18(38)33-15(11-36)20(40)34-9-3-6-16(34)21(41)42/h12-16,35-36H,1-11,24H2,(H,31,39)(H,32,37)(H,33,38)(H,41,42)(H4,25,26,29)(H4,27,28,30)/t12-,13-,14-,15-,16-/m0/s1. The van der Waals surface area contributed by atoms with Gasteiger partial charge in [-0.1, -0.05) is 0 Å². The number of hydrogen-bond acceptors (Lipinski definition) is 10. The first kappa shape index (κ1) is 35.8. The molecule has 0 bridgehead atoms. The lowest BCUT2D eigenvalue weighted by atomic mass is 10.1. The molecule has 0 aromatic rings. The Morgan fingerprint density at radius 1 is 0.786 bits per heavy atom. The number of nitrogens with one attached hydrogen (secondary N) is 3. The van der Waals surface area contributed by atoms with E-state index in [1.54, 1.807) is 0 Å².